The highest BCUT2D eigenvalue weighted by atomic mass is 32.2. The van der Waals surface area contributed by atoms with Gasteiger partial charge in [-0.1, -0.05) is 11.8 Å². The van der Waals surface area contributed by atoms with Gasteiger partial charge in [0.05, 0.1) is 12.2 Å². The molecular formula is C20H31N7O3S. The number of amides is 2. The van der Waals surface area contributed by atoms with E-state index >= 15 is 0 Å². The SMILES string of the molecule is CSc1nc2nc(C)c(CCC(=O)NNC(=O)CCN3CC(C)OC(C)C3)c(C)n2n1. The number of hydrogen-bond acceptors (Lipinski definition) is 8. The van der Waals surface area contributed by atoms with Crippen molar-refractivity contribution in [3.63, 3.8) is 0 Å². The number of morpholine rings is 1. The van der Waals surface area contributed by atoms with Gasteiger partial charge in [0.2, 0.25) is 17.0 Å². The number of hydrazine groups is 1. The molecule has 2 aromatic rings. The van der Waals surface area contributed by atoms with Crippen molar-refractivity contribution in [2.45, 2.75) is 64.3 Å². The van der Waals surface area contributed by atoms with Crippen LogP contribution in [0, 0.1) is 13.8 Å². The molecule has 0 saturated carbocycles. The maximum atomic E-state index is 12.2. The lowest BCUT2D eigenvalue weighted by Gasteiger charge is -2.35. The molecule has 0 radical (unpaired) electrons. The number of carbonyl (C=O) groups excluding carboxylic acids is 2. The van der Waals surface area contributed by atoms with Gasteiger partial charge in [0.1, 0.15) is 0 Å². The highest BCUT2D eigenvalue weighted by Crippen LogP contribution is 2.18. The summed E-state index contributed by atoms with van der Waals surface area (Å²) in [4.78, 5) is 35.4. The van der Waals surface area contributed by atoms with Crippen molar-refractivity contribution < 1.29 is 14.3 Å². The monoisotopic (exact) mass is 449 g/mol. The Morgan fingerprint density at radius 2 is 1.74 bits per heavy atom. The van der Waals surface area contributed by atoms with Crippen LogP contribution in [0.3, 0.4) is 0 Å². The number of aryl methyl sites for hydroxylation is 2. The van der Waals surface area contributed by atoms with E-state index < -0.39 is 0 Å². The zero-order valence-electron chi connectivity index (χ0n) is 18.8. The van der Waals surface area contributed by atoms with E-state index in [2.05, 4.69) is 30.8 Å². The minimum Gasteiger partial charge on any atom is -0.373 e. The maximum Gasteiger partial charge on any atom is 0.253 e. The predicted octanol–water partition coefficient (Wildman–Crippen LogP) is 1.04. The number of nitrogens with zero attached hydrogens (tertiary/aromatic N) is 5. The number of aromatic nitrogens is 4. The van der Waals surface area contributed by atoms with E-state index in [1.807, 2.05) is 34.0 Å². The lowest BCUT2D eigenvalue weighted by atomic mass is 10.1. The zero-order valence-corrected chi connectivity index (χ0v) is 19.6. The molecule has 0 bridgehead atoms. The van der Waals surface area contributed by atoms with Crippen molar-refractivity contribution in [3.8, 4) is 0 Å². The Labute approximate surface area is 186 Å². The smallest absolute Gasteiger partial charge is 0.253 e. The number of thioether (sulfide) groups is 1. The standard InChI is InChI=1S/C20H31N7O3S/c1-12-10-26(11-13(2)30-12)9-8-18(29)24-23-17(28)7-6-16-14(3)21-19-22-20(31-5)25-27(19)15(16)4/h12-13H,6-11H2,1-5H3,(H,23,28)(H,24,29). The summed E-state index contributed by atoms with van der Waals surface area (Å²) in [7, 11) is 0. The number of carbonyl (C=O) groups is 2. The Bertz CT molecular complexity index is 938. The van der Waals surface area contributed by atoms with Crippen LogP contribution in [0.4, 0.5) is 0 Å². The summed E-state index contributed by atoms with van der Waals surface area (Å²) in [6.45, 7) is 10.2. The molecule has 31 heavy (non-hydrogen) atoms. The van der Waals surface area contributed by atoms with Gasteiger partial charge in [-0.15, -0.1) is 5.10 Å². The lowest BCUT2D eigenvalue weighted by molar-refractivity contribution is -0.129. The van der Waals surface area contributed by atoms with E-state index in [9.17, 15) is 9.59 Å². The second-order valence-corrected chi connectivity index (χ2v) is 8.71. The van der Waals surface area contributed by atoms with Crippen LogP contribution in [0.15, 0.2) is 5.16 Å². The molecule has 0 spiro atoms. The van der Waals surface area contributed by atoms with Gasteiger partial charge >= 0.3 is 0 Å². The maximum absolute atomic E-state index is 12.2. The third-order valence-electron chi connectivity index (χ3n) is 5.31. The minimum atomic E-state index is -0.246. The summed E-state index contributed by atoms with van der Waals surface area (Å²) in [5.74, 6) is 0.107. The Balaban J connectivity index is 1.45. The molecule has 0 aromatic carbocycles. The van der Waals surface area contributed by atoms with Crippen LogP contribution >= 0.6 is 11.8 Å². The van der Waals surface area contributed by atoms with E-state index in [0.717, 1.165) is 30.0 Å². The molecule has 10 nitrogen and oxygen atoms in total. The molecule has 2 unspecified atom stereocenters. The van der Waals surface area contributed by atoms with Gasteiger partial charge in [-0.2, -0.15) is 4.98 Å². The average molecular weight is 450 g/mol. The summed E-state index contributed by atoms with van der Waals surface area (Å²) in [6.07, 6.45) is 3.30. The fourth-order valence-corrected chi connectivity index (χ4v) is 4.20. The van der Waals surface area contributed by atoms with Crippen LogP contribution < -0.4 is 10.9 Å². The molecule has 1 saturated heterocycles. The van der Waals surface area contributed by atoms with Gasteiger partial charge in [-0.3, -0.25) is 25.3 Å². The number of nitrogens with one attached hydrogen (secondary N) is 2. The molecule has 2 aromatic heterocycles. The zero-order chi connectivity index (χ0) is 22.5. The van der Waals surface area contributed by atoms with E-state index in [-0.39, 0.29) is 30.4 Å². The fraction of sp³-hybridized carbons (Fsp3) is 0.650. The molecule has 3 rings (SSSR count). The van der Waals surface area contributed by atoms with Crippen molar-refractivity contribution in [1.29, 1.82) is 0 Å². The molecular weight excluding hydrogens is 418 g/mol. The van der Waals surface area contributed by atoms with E-state index in [4.69, 9.17) is 4.74 Å². The minimum absolute atomic E-state index is 0.164. The summed E-state index contributed by atoms with van der Waals surface area (Å²) < 4.78 is 7.41. The summed E-state index contributed by atoms with van der Waals surface area (Å²) >= 11 is 1.46. The molecule has 170 valence electrons. The first-order chi connectivity index (χ1) is 14.8. The first-order valence-corrected chi connectivity index (χ1v) is 11.7. The summed E-state index contributed by atoms with van der Waals surface area (Å²) in [5.41, 5.74) is 7.72. The van der Waals surface area contributed by atoms with Crippen molar-refractivity contribution in [3.05, 3.63) is 17.0 Å². The highest BCUT2D eigenvalue weighted by Gasteiger charge is 2.22. The molecule has 1 fully saturated rings. The molecule has 2 N–H and O–H groups in total. The Morgan fingerprint density at radius 3 is 2.39 bits per heavy atom. The van der Waals surface area contributed by atoms with Crippen LogP contribution in [0.5, 0.6) is 0 Å². The summed E-state index contributed by atoms with van der Waals surface area (Å²) in [5, 5.41) is 5.08. The van der Waals surface area contributed by atoms with Gasteiger partial charge in [0.15, 0.2) is 0 Å². The van der Waals surface area contributed by atoms with Crippen LogP contribution in [-0.2, 0) is 20.7 Å². The normalized spacial score (nSPS) is 19.5. The van der Waals surface area contributed by atoms with E-state index in [1.54, 1.807) is 4.52 Å². The first-order valence-electron chi connectivity index (χ1n) is 10.5. The topological polar surface area (TPSA) is 114 Å². The second-order valence-electron chi connectivity index (χ2n) is 7.93. The van der Waals surface area contributed by atoms with Gasteiger partial charge in [0, 0.05) is 43.9 Å². The average Bonchev–Trinajstić information content (AvgIpc) is 3.13. The molecule has 1 aliphatic rings. The van der Waals surface area contributed by atoms with Crippen molar-refractivity contribution in [2.75, 3.05) is 25.9 Å². The van der Waals surface area contributed by atoms with Gasteiger partial charge < -0.3 is 4.74 Å². The number of hydrogen-bond donors (Lipinski definition) is 2. The van der Waals surface area contributed by atoms with E-state index in [1.165, 1.54) is 11.8 Å². The quantitative estimate of drug-likeness (QED) is 0.476. The van der Waals surface area contributed by atoms with Crippen LogP contribution in [0.25, 0.3) is 5.78 Å². The molecule has 1 aliphatic heterocycles. The molecule has 11 heteroatoms. The van der Waals surface area contributed by atoms with Crippen LogP contribution in [0.2, 0.25) is 0 Å². The number of ether oxygens (including phenoxy) is 1. The number of rotatable bonds is 7. The van der Waals surface area contributed by atoms with E-state index in [0.29, 0.717) is 30.3 Å². The fourth-order valence-electron chi connectivity index (χ4n) is 3.87. The Hall–Kier alpha value is -2.24. The molecule has 2 atom stereocenters. The largest absolute Gasteiger partial charge is 0.373 e. The molecule has 3 heterocycles. The second kappa shape index (κ2) is 10.4. The highest BCUT2D eigenvalue weighted by molar-refractivity contribution is 7.98. The summed E-state index contributed by atoms with van der Waals surface area (Å²) in [6, 6.07) is 0. The Kier molecular flexibility index (Phi) is 7.84. The third kappa shape index (κ3) is 6.14. The molecule has 0 aliphatic carbocycles. The molecule has 2 amide bonds. The third-order valence-corrected chi connectivity index (χ3v) is 5.84. The van der Waals surface area contributed by atoms with Crippen LogP contribution in [-0.4, -0.2) is 74.4 Å². The predicted molar refractivity (Wildman–Crippen MR) is 118 cm³/mol. The lowest BCUT2D eigenvalue weighted by Crippen LogP contribution is -2.47. The van der Waals surface area contributed by atoms with Crippen molar-refractivity contribution in [2.24, 2.45) is 0 Å². The van der Waals surface area contributed by atoms with Crippen molar-refractivity contribution >= 4 is 29.4 Å². The van der Waals surface area contributed by atoms with Crippen molar-refractivity contribution in [1.82, 2.24) is 35.3 Å². The first kappa shape index (κ1) is 23.4. The Morgan fingerprint density at radius 1 is 1.10 bits per heavy atom. The number of fused-ring (bicyclic) bond motifs is 1. The van der Waals surface area contributed by atoms with Gasteiger partial charge in [-0.25, -0.2) is 9.50 Å². The van der Waals surface area contributed by atoms with Gasteiger partial charge in [0.25, 0.3) is 5.78 Å². The van der Waals surface area contributed by atoms with Gasteiger partial charge in [-0.05, 0) is 45.9 Å². The van der Waals surface area contributed by atoms with Crippen LogP contribution in [0.1, 0.15) is 43.6 Å².